The van der Waals surface area contributed by atoms with Crippen molar-refractivity contribution in [3.8, 4) is 0 Å². The Morgan fingerprint density at radius 3 is 2.65 bits per heavy atom. The van der Waals surface area contributed by atoms with Crippen molar-refractivity contribution >= 4 is 5.91 Å². The zero-order valence-electron chi connectivity index (χ0n) is 9.98. The van der Waals surface area contributed by atoms with Crippen LogP contribution in [0.1, 0.15) is 36.0 Å². The van der Waals surface area contributed by atoms with Crippen LogP contribution in [0.15, 0.2) is 23.1 Å². The maximum absolute atomic E-state index is 12.3. The molecule has 1 saturated carbocycles. The highest BCUT2D eigenvalue weighted by molar-refractivity contribution is 5.95. The second-order valence-electron chi connectivity index (χ2n) is 5.12. The molecule has 17 heavy (non-hydrogen) atoms. The average molecular weight is 232 g/mol. The normalized spacial score (nSPS) is 20.9. The third-order valence-corrected chi connectivity index (χ3v) is 4.26. The number of aromatic nitrogens is 1. The molecule has 1 spiro atoms. The first-order valence-electron chi connectivity index (χ1n) is 6.12. The topological polar surface area (TPSA) is 42.3 Å². The molecule has 0 radical (unpaired) electrons. The molecular formula is C13H16N2O2. The Balaban J connectivity index is 1.92. The third-order valence-electron chi connectivity index (χ3n) is 4.26. The Morgan fingerprint density at radius 2 is 2.12 bits per heavy atom. The Labute approximate surface area is 99.9 Å². The second kappa shape index (κ2) is 3.45. The molecule has 1 amide bonds. The fraction of sp³-hybridized carbons (Fsp3) is 0.538. The van der Waals surface area contributed by atoms with E-state index in [0.29, 0.717) is 5.56 Å². The van der Waals surface area contributed by atoms with Crippen LogP contribution in [-0.4, -0.2) is 27.5 Å². The maximum Gasteiger partial charge on any atom is 0.263 e. The SMILES string of the molecule is Cn1cccc(C(=O)N2CCC23CCC3)c1=O. The van der Waals surface area contributed by atoms with E-state index in [-0.39, 0.29) is 17.0 Å². The van der Waals surface area contributed by atoms with Gasteiger partial charge in [-0.3, -0.25) is 9.59 Å². The molecule has 2 heterocycles. The Kier molecular flexibility index (Phi) is 2.15. The molecule has 2 fully saturated rings. The largest absolute Gasteiger partial charge is 0.333 e. The molecule has 0 bridgehead atoms. The van der Waals surface area contributed by atoms with Crippen LogP contribution in [0.3, 0.4) is 0 Å². The minimum atomic E-state index is -0.195. The fourth-order valence-corrected chi connectivity index (χ4v) is 2.87. The lowest BCUT2D eigenvalue weighted by Crippen LogP contribution is -2.66. The smallest absolute Gasteiger partial charge is 0.263 e. The van der Waals surface area contributed by atoms with E-state index in [9.17, 15) is 9.59 Å². The number of hydrogen-bond donors (Lipinski definition) is 0. The van der Waals surface area contributed by atoms with Gasteiger partial charge in [0.25, 0.3) is 11.5 Å². The number of pyridine rings is 1. The van der Waals surface area contributed by atoms with Crippen LogP contribution in [0.2, 0.25) is 0 Å². The molecule has 0 aromatic carbocycles. The summed E-state index contributed by atoms with van der Waals surface area (Å²) in [6, 6.07) is 3.39. The summed E-state index contributed by atoms with van der Waals surface area (Å²) < 4.78 is 1.46. The number of likely N-dealkylation sites (tertiary alicyclic amines) is 1. The number of aryl methyl sites for hydroxylation is 1. The molecule has 1 saturated heterocycles. The molecule has 2 aliphatic rings. The number of carbonyl (C=O) groups is 1. The lowest BCUT2D eigenvalue weighted by atomic mass is 9.67. The lowest BCUT2D eigenvalue weighted by Gasteiger charge is -2.58. The van der Waals surface area contributed by atoms with Crippen molar-refractivity contribution in [1.82, 2.24) is 9.47 Å². The van der Waals surface area contributed by atoms with E-state index < -0.39 is 0 Å². The highest BCUT2D eigenvalue weighted by atomic mass is 16.2. The standard InChI is InChI=1S/C13H16N2O2/c1-14-8-2-4-10(11(14)16)12(17)15-9-7-13(15)5-3-6-13/h2,4,8H,3,5-7,9H2,1H3. The molecular weight excluding hydrogens is 216 g/mol. The zero-order valence-corrected chi connectivity index (χ0v) is 9.98. The molecule has 1 aliphatic carbocycles. The van der Waals surface area contributed by atoms with Gasteiger partial charge in [0, 0.05) is 25.3 Å². The van der Waals surface area contributed by atoms with Crippen molar-refractivity contribution < 1.29 is 4.79 Å². The first kappa shape index (κ1) is 10.6. The Hall–Kier alpha value is -1.58. The van der Waals surface area contributed by atoms with E-state index in [0.717, 1.165) is 25.8 Å². The number of nitrogens with zero attached hydrogens (tertiary/aromatic N) is 2. The summed E-state index contributed by atoms with van der Waals surface area (Å²) in [7, 11) is 1.67. The summed E-state index contributed by atoms with van der Waals surface area (Å²) in [4.78, 5) is 26.1. The van der Waals surface area contributed by atoms with Gasteiger partial charge in [0.05, 0.1) is 0 Å². The van der Waals surface area contributed by atoms with E-state index in [2.05, 4.69) is 0 Å². The van der Waals surface area contributed by atoms with Crippen LogP contribution in [-0.2, 0) is 7.05 Å². The van der Waals surface area contributed by atoms with Gasteiger partial charge in [-0.05, 0) is 37.8 Å². The number of hydrogen-bond acceptors (Lipinski definition) is 2. The van der Waals surface area contributed by atoms with Crippen LogP contribution < -0.4 is 5.56 Å². The van der Waals surface area contributed by atoms with Crippen molar-refractivity contribution in [2.75, 3.05) is 6.54 Å². The van der Waals surface area contributed by atoms with Gasteiger partial charge in [-0.1, -0.05) is 0 Å². The average Bonchev–Trinajstić information content (AvgIpc) is 2.18. The molecule has 4 heteroatoms. The summed E-state index contributed by atoms with van der Waals surface area (Å²) in [5.74, 6) is -0.0860. The minimum absolute atomic E-state index is 0.0860. The van der Waals surface area contributed by atoms with Gasteiger partial charge in [0.1, 0.15) is 5.56 Å². The van der Waals surface area contributed by atoms with E-state index in [1.165, 1.54) is 11.0 Å². The number of carbonyl (C=O) groups excluding carboxylic acids is 1. The molecule has 0 unspecified atom stereocenters. The number of rotatable bonds is 1. The van der Waals surface area contributed by atoms with Gasteiger partial charge in [0.15, 0.2) is 0 Å². The van der Waals surface area contributed by atoms with E-state index >= 15 is 0 Å². The number of amides is 1. The van der Waals surface area contributed by atoms with Crippen LogP contribution in [0, 0.1) is 0 Å². The Morgan fingerprint density at radius 1 is 1.35 bits per heavy atom. The van der Waals surface area contributed by atoms with Crippen molar-refractivity contribution in [2.24, 2.45) is 7.05 Å². The van der Waals surface area contributed by atoms with Crippen molar-refractivity contribution in [3.63, 3.8) is 0 Å². The molecule has 0 atom stereocenters. The second-order valence-corrected chi connectivity index (χ2v) is 5.12. The van der Waals surface area contributed by atoms with Gasteiger partial charge >= 0.3 is 0 Å². The zero-order chi connectivity index (χ0) is 12.0. The molecule has 3 rings (SSSR count). The predicted molar refractivity (Wildman–Crippen MR) is 63.9 cm³/mol. The van der Waals surface area contributed by atoms with E-state index in [4.69, 9.17) is 0 Å². The summed E-state index contributed by atoms with van der Waals surface area (Å²) in [5, 5.41) is 0. The Bertz CT molecular complexity index is 523. The molecule has 1 aromatic heterocycles. The van der Waals surface area contributed by atoms with E-state index in [1.54, 1.807) is 25.4 Å². The van der Waals surface area contributed by atoms with Gasteiger partial charge < -0.3 is 9.47 Å². The van der Waals surface area contributed by atoms with Crippen molar-refractivity contribution in [2.45, 2.75) is 31.2 Å². The minimum Gasteiger partial charge on any atom is -0.333 e. The summed E-state index contributed by atoms with van der Waals surface area (Å²) in [6.45, 7) is 0.802. The van der Waals surface area contributed by atoms with Gasteiger partial charge in [-0.2, -0.15) is 0 Å². The fourth-order valence-electron chi connectivity index (χ4n) is 2.87. The monoisotopic (exact) mass is 232 g/mol. The maximum atomic E-state index is 12.3. The molecule has 1 aromatic rings. The van der Waals surface area contributed by atoms with Crippen LogP contribution >= 0.6 is 0 Å². The van der Waals surface area contributed by atoms with Crippen molar-refractivity contribution in [1.29, 1.82) is 0 Å². The van der Waals surface area contributed by atoms with Crippen molar-refractivity contribution in [3.05, 3.63) is 34.2 Å². The lowest BCUT2D eigenvalue weighted by molar-refractivity contribution is -0.0488. The third kappa shape index (κ3) is 1.36. The first-order valence-corrected chi connectivity index (χ1v) is 6.12. The highest BCUT2D eigenvalue weighted by Crippen LogP contribution is 2.47. The molecule has 90 valence electrons. The predicted octanol–water partition coefficient (Wildman–Crippen LogP) is 1.15. The molecule has 0 N–H and O–H groups in total. The summed E-state index contributed by atoms with van der Waals surface area (Å²) in [5.41, 5.74) is 0.220. The van der Waals surface area contributed by atoms with Crippen LogP contribution in [0.5, 0.6) is 0 Å². The first-order chi connectivity index (χ1) is 8.14. The quantitative estimate of drug-likeness (QED) is 0.729. The van der Waals surface area contributed by atoms with Crippen LogP contribution in [0.25, 0.3) is 0 Å². The van der Waals surface area contributed by atoms with E-state index in [1.807, 2.05) is 4.90 Å². The molecule has 4 nitrogen and oxygen atoms in total. The van der Waals surface area contributed by atoms with Gasteiger partial charge in [0.2, 0.25) is 0 Å². The summed E-state index contributed by atoms with van der Waals surface area (Å²) >= 11 is 0. The highest BCUT2D eigenvalue weighted by Gasteiger charge is 2.51. The van der Waals surface area contributed by atoms with Crippen LogP contribution in [0.4, 0.5) is 0 Å². The van der Waals surface area contributed by atoms with Gasteiger partial charge in [-0.25, -0.2) is 0 Å². The summed E-state index contributed by atoms with van der Waals surface area (Å²) in [6.07, 6.45) is 6.19. The molecule has 1 aliphatic heterocycles. The van der Waals surface area contributed by atoms with Gasteiger partial charge in [-0.15, -0.1) is 0 Å².